The fourth-order valence-corrected chi connectivity index (χ4v) is 6.19. The molecule has 2 aliphatic rings. The molecule has 53 heavy (non-hydrogen) atoms. The zero-order valence-corrected chi connectivity index (χ0v) is 30.3. The molecule has 5 rings (SSSR count). The van der Waals surface area contributed by atoms with Crippen molar-refractivity contribution in [2.75, 3.05) is 87.9 Å². The first kappa shape index (κ1) is 38.4. The lowest BCUT2D eigenvalue weighted by atomic mass is 9.93. The zero-order chi connectivity index (χ0) is 38.1. The van der Waals surface area contributed by atoms with Crippen LogP contribution in [0.25, 0.3) is 33.4 Å². The van der Waals surface area contributed by atoms with E-state index in [0.29, 0.717) is 40.8 Å². The summed E-state index contributed by atoms with van der Waals surface area (Å²) in [5.41, 5.74) is 5.69. The highest BCUT2D eigenvalue weighted by Gasteiger charge is 2.21. The highest BCUT2D eigenvalue weighted by molar-refractivity contribution is 6.03. The number of aryl methyl sites for hydroxylation is 1. The normalized spacial score (nSPS) is 11.5. The van der Waals surface area contributed by atoms with Crippen LogP contribution in [0.5, 0.6) is 11.5 Å². The number of carbonyl (C=O) groups excluding carboxylic acids is 2. The van der Waals surface area contributed by atoms with Crippen LogP contribution < -0.4 is 50.0 Å². The molecule has 1 heterocycles. The van der Waals surface area contributed by atoms with Gasteiger partial charge in [-0.15, -0.1) is 13.2 Å². The standard InChI is InChI=1S/C40H44N4O9/c1-5-41-28-8-10-30-34(22-28)53-35-23-29(42(3)4)9-11-31(35)40(30)27-7-13-33(44(15-17-46)25-39(49)50)37(21-27)52-19-18-51-36-20-26(2)6-12-32(36)43(14-16-45)24-38(47)48/h6-13,20-23H,5,14-19,24-25H2,1-4H3,(H,47,48)(H,49,50)/q-2/p-2. The second-order valence-corrected chi connectivity index (χ2v) is 12.6. The van der Waals surface area contributed by atoms with Gasteiger partial charge in [0.05, 0.1) is 41.8 Å². The van der Waals surface area contributed by atoms with Crippen LogP contribution in [0.4, 0.5) is 17.1 Å². The number of carbonyl (C=O) groups is 2. The van der Waals surface area contributed by atoms with Gasteiger partial charge in [-0.05, 0) is 73.5 Å². The molecule has 3 aromatic rings. The summed E-state index contributed by atoms with van der Waals surface area (Å²) >= 11 is 0. The summed E-state index contributed by atoms with van der Waals surface area (Å²) in [5, 5.41) is 48.0. The minimum Gasteiger partial charge on any atom is -0.853 e. The molecule has 0 bridgehead atoms. The first-order chi connectivity index (χ1) is 25.5. The Morgan fingerprint density at radius 1 is 0.774 bits per heavy atom. The molecule has 0 N–H and O–H groups in total. The van der Waals surface area contributed by atoms with Gasteiger partial charge < -0.3 is 58.6 Å². The van der Waals surface area contributed by atoms with Crippen LogP contribution in [-0.4, -0.2) is 85.2 Å². The Labute approximate surface area is 307 Å². The third kappa shape index (κ3) is 9.36. The second kappa shape index (κ2) is 17.6. The lowest BCUT2D eigenvalue weighted by Crippen LogP contribution is -2.41. The van der Waals surface area contributed by atoms with Crippen molar-refractivity contribution in [1.29, 1.82) is 0 Å². The summed E-state index contributed by atoms with van der Waals surface area (Å²) < 4.78 is 18.8. The van der Waals surface area contributed by atoms with Crippen LogP contribution in [0.15, 0.2) is 82.2 Å². The van der Waals surface area contributed by atoms with Crippen molar-refractivity contribution in [3.8, 4) is 33.9 Å². The molecule has 0 spiro atoms. The lowest BCUT2D eigenvalue weighted by molar-refractivity contribution is -0.364. The molecule has 3 aromatic carbocycles. The molecule has 0 saturated heterocycles. The number of ether oxygens (including phenoxy) is 2. The third-order valence-corrected chi connectivity index (χ3v) is 8.55. The van der Waals surface area contributed by atoms with E-state index in [2.05, 4.69) is 4.99 Å². The van der Waals surface area contributed by atoms with Crippen LogP contribution in [0.1, 0.15) is 12.5 Å². The SMILES string of the molecule is CCN=c1ccc2c(-c3ccc(N(CC[O-])CC(=O)[O-])c(OCCOc4cc(C)ccc4N(CC[O-])CC(=O)[O-])c3)c3ccc(N(C)C)cc3oc-2c1. The Kier molecular flexibility index (Phi) is 12.8. The van der Waals surface area contributed by atoms with Crippen LogP contribution in [0.2, 0.25) is 0 Å². The van der Waals surface area contributed by atoms with Crippen LogP contribution in [0.3, 0.4) is 0 Å². The van der Waals surface area contributed by atoms with E-state index in [4.69, 9.17) is 13.9 Å². The van der Waals surface area contributed by atoms with E-state index in [0.717, 1.165) is 38.7 Å². The number of hydrogen-bond acceptors (Lipinski definition) is 13. The first-order valence-corrected chi connectivity index (χ1v) is 17.3. The molecule has 1 aliphatic heterocycles. The molecule has 280 valence electrons. The molecule has 0 amide bonds. The molecule has 13 heteroatoms. The highest BCUT2D eigenvalue weighted by Crippen LogP contribution is 2.43. The van der Waals surface area contributed by atoms with E-state index >= 15 is 0 Å². The molecule has 0 radical (unpaired) electrons. The first-order valence-electron chi connectivity index (χ1n) is 17.3. The number of fused-ring (bicyclic) bond motifs is 2. The van der Waals surface area contributed by atoms with Gasteiger partial charge in [-0.2, -0.15) is 0 Å². The molecular formula is C40H42N4O9-4. The molecule has 0 atom stereocenters. The van der Waals surface area contributed by atoms with Crippen molar-refractivity contribution >= 4 is 40.0 Å². The molecule has 0 saturated carbocycles. The van der Waals surface area contributed by atoms with E-state index in [1.807, 2.05) is 75.3 Å². The topological polar surface area (TPSA) is 180 Å². The molecule has 0 aromatic heterocycles. The number of rotatable bonds is 18. The van der Waals surface area contributed by atoms with Crippen LogP contribution in [-0.2, 0) is 9.59 Å². The highest BCUT2D eigenvalue weighted by atomic mass is 16.5. The summed E-state index contributed by atoms with van der Waals surface area (Å²) in [6.45, 7) is 2.16. The van der Waals surface area contributed by atoms with Gasteiger partial charge in [-0.1, -0.05) is 12.1 Å². The van der Waals surface area contributed by atoms with Gasteiger partial charge in [0.2, 0.25) is 0 Å². The summed E-state index contributed by atoms with van der Waals surface area (Å²) in [6, 6.07) is 22.3. The van der Waals surface area contributed by atoms with Crippen molar-refractivity contribution in [1.82, 2.24) is 0 Å². The van der Waals surface area contributed by atoms with Crippen LogP contribution >= 0.6 is 0 Å². The average Bonchev–Trinajstić information content (AvgIpc) is 3.11. The van der Waals surface area contributed by atoms with Crippen molar-refractivity contribution < 1.29 is 43.9 Å². The quantitative estimate of drug-likeness (QED) is 0.0919. The minimum atomic E-state index is -1.35. The second-order valence-electron chi connectivity index (χ2n) is 12.6. The Morgan fingerprint density at radius 2 is 1.40 bits per heavy atom. The maximum atomic E-state index is 11.8. The number of nitrogens with zero attached hydrogens (tertiary/aromatic N) is 4. The minimum absolute atomic E-state index is 0.00575. The fraction of sp³-hybridized carbons (Fsp3) is 0.325. The van der Waals surface area contributed by atoms with Crippen molar-refractivity contribution in [3.05, 3.63) is 83.7 Å². The van der Waals surface area contributed by atoms with Crippen molar-refractivity contribution in [2.45, 2.75) is 13.8 Å². The smallest absolute Gasteiger partial charge is 0.143 e. The predicted molar refractivity (Wildman–Crippen MR) is 195 cm³/mol. The maximum absolute atomic E-state index is 11.8. The summed E-state index contributed by atoms with van der Waals surface area (Å²) in [5.74, 6) is -1.39. The predicted octanol–water partition coefficient (Wildman–Crippen LogP) is 0.791. The number of aliphatic carboxylic acids is 2. The van der Waals surface area contributed by atoms with Crippen molar-refractivity contribution in [3.63, 3.8) is 0 Å². The van der Waals surface area contributed by atoms with Gasteiger partial charge in [0.25, 0.3) is 0 Å². The van der Waals surface area contributed by atoms with E-state index < -0.39 is 38.2 Å². The van der Waals surface area contributed by atoms with Gasteiger partial charge in [0, 0.05) is 68.1 Å². The maximum Gasteiger partial charge on any atom is 0.143 e. The molecule has 1 aliphatic carbocycles. The number of benzene rings is 4. The molecule has 0 unspecified atom stereocenters. The Bertz CT molecular complexity index is 2100. The van der Waals surface area contributed by atoms with Gasteiger partial charge >= 0.3 is 0 Å². The molecular weight excluding hydrogens is 680 g/mol. The van der Waals surface area contributed by atoms with Crippen LogP contribution in [0, 0.1) is 6.92 Å². The molecule has 13 nitrogen and oxygen atoms in total. The van der Waals surface area contributed by atoms with Gasteiger partial charge in [0.1, 0.15) is 36.1 Å². The molecule has 0 fully saturated rings. The Balaban J connectivity index is 1.57. The fourth-order valence-electron chi connectivity index (χ4n) is 6.19. The largest absolute Gasteiger partial charge is 0.853 e. The van der Waals surface area contributed by atoms with E-state index in [1.54, 1.807) is 30.3 Å². The lowest BCUT2D eigenvalue weighted by Gasteiger charge is -2.29. The summed E-state index contributed by atoms with van der Waals surface area (Å²) in [7, 11) is 3.90. The van der Waals surface area contributed by atoms with E-state index in [9.17, 15) is 30.0 Å². The van der Waals surface area contributed by atoms with Gasteiger partial charge in [-0.3, -0.25) is 4.99 Å². The number of anilines is 3. The number of carboxylic acid groups (broad SMARTS) is 2. The van der Waals surface area contributed by atoms with Crippen molar-refractivity contribution in [2.24, 2.45) is 4.99 Å². The Morgan fingerprint density at radius 3 is 1.98 bits per heavy atom. The average molecular weight is 723 g/mol. The third-order valence-electron chi connectivity index (χ3n) is 8.55. The summed E-state index contributed by atoms with van der Waals surface area (Å²) in [4.78, 5) is 32.5. The van der Waals surface area contributed by atoms with E-state index in [-0.39, 0.29) is 26.3 Å². The van der Waals surface area contributed by atoms with Gasteiger partial charge in [0.15, 0.2) is 0 Å². The van der Waals surface area contributed by atoms with Gasteiger partial charge in [-0.25, -0.2) is 0 Å². The summed E-state index contributed by atoms with van der Waals surface area (Å²) in [6.07, 6.45) is 0. The van der Waals surface area contributed by atoms with E-state index in [1.165, 1.54) is 9.80 Å². The zero-order valence-electron chi connectivity index (χ0n) is 30.3. The number of carboxylic acids is 2. The monoisotopic (exact) mass is 722 g/mol. The number of hydrogen-bond donors (Lipinski definition) is 0. The Hall–Kier alpha value is -5.79.